The highest BCUT2D eigenvalue weighted by Gasteiger charge is 2.34. The molecule has 27 heavy (non-hydrogen) atoms. The Labute approximate surface area is 161 Å². The number of ether oxygens (including phenoxy) is 1. The highest BCUT2D eigenvalue weighted by molar-refractivity contribution is 7.14. The standard InChI is InChI=1S/C18H22N4O4S/c1-12-16(20-26-19-12)18(24)22-8-2-4-13(22)14-5-6-15(27-14)17(23)21-7-3-10-25-11-9-21/h5-6,13H,2-4,7-11H2,1H3. The van der Waals surface area contributed by atoms with Crippen LogP contribution in [0, 0.1) is 6.92 Å². The highest BCUT2D eigenvalue weighted by Crippen LogP contribution is 2.37. The second-order valence-corrected chi connectivity index (χ2v) is 7.93. The lowest BCUT2D eigenvalue weighted by molar-refractivity contribution is 0.0724. The third kappa shape index (κ3) is 3.61. The molecule has 0 radical (unpaired) electrons. The molecule has 2 aromatic heterocycles. The normalized spacial score (nSPS) is 20.7. The summed E-state index contributed by atoms with van der Waals surface area (Å²) in [7, 11) is 0. The Morgan fingerprint density at radius 1 is 1.11 bits per heavy atom. The van der Waals surface area contributed by atoms with E-state index in [9.17, 15) is 9.59 Å². The molecular formula is C18H22N4O4S. The van der Waals surface area contributed by atoms with E-state index >= 15 is 0 Å². The number of carbonyl (C=O) groups is 2. The van der Waals surface area contributed by atoms with Crippen molar-refractivity contribution < 1.29 is 19.0 Å². The maximum Gasteiger partial charge on any atom is 0.278 e. The number of aromatic nitrogens is 2. The Morgan fingerprint density at radius 3 is 2.81 bits per heavy atom. The van der Waals surface area contributed by atoms with E-state index in [-0.39, 0.29) is 23.6 Å². The number of thiophene rings is 1. The van der Waals surface area contributed by atoms with E-state index < -0.39 is 0 Å². The maximum absolute atomic E-state index is 12.8. The van der Waals surface area contributed by atoms with E-state index in [1.165, 1.54) is 11.3 Å². The second kappa shape index (κ2) is 7.77. The number of likely N-dealkylation sites (tertiary alicyclic amines) is 1. The summed E-state index contributed by atoms with van der Waals surface area (Å²) in [6.07, 6.45) is 2.66. The van der Waals surface area contributed by atoms with Gasteiger partial charge in [0.2, 0.25) is 0 Å². The first-order chi connectivity index (χ1) is 13.1. The van der Waals surface area contributed by atoms with Gasteiger partial charge in [0.25, 0.3) is 11.8 Å². The molecule has 0 saturated carbocycles. The minimum Gasteiger partial charge on any atom is -0.380 e. The third-order valence-electron chi connectivity index (χ3n) is 5.04. The van der Waals surface area contributed by atoms with Crippen LogP contribution in [-0.2, 0) is 4.74 Å². The van der Waals surface area contributed by atoms with Gasteiger partial charge in [-0.2, -0.15) is 0 Å². The molecule has 0 aromatic carbocycles. The van der Waals surface area contributed by atoms with Gasteiger partial charge < -0.3 is 14.5 Å². The molecule has 0 spiro atoms. The molecular weight excluding hydrogens is 368 g/mol. The molecule has 9 heteroatoms. The van der Waals surface area contributed by atoms with Crippen molar-refractivity contribution in [3.8, 4) is 0 Å². The van der Waals surface area contributed by atoms with Crippen LogP contribution in [0.1, 0.15) is 56.0 Å². The highest BCUT2D eigenvalue weighted by atomic mass is 32.1. The monoisotopic (exact) mass is 390 g/mol. The summed E-state index contributed by atoms with van der Waals surface area (Å²) in [5.41, 5.74) is 0.760. The maximum atomic E-state index is 12.8. The van der Waals surface area contributed by atoms with E-state index in [0.717, 1.165) is 30.7 Å². The Bertz CT molecular complexity index is 825. The van der Waals surface area contributed by atoms with Crippen LogP contribution in [0.2, 0.25) is 0 Å². The summed E-state index contributed by atoms with van der Waals surface area (Å²) >= 11 is 1.48. The van der Waals surface area contributed by atoms with Gasteiger partial charge in [0.15, 0.2) is 5.69 Å². The number of amides is 2. The first-order valence-corrected chi connectivity index (χ1v) is 10.0. The summed E-state index contributed by atoms with van der Waals surface area (Å²) in [4.78, 5) is 31.0. The van der Waals surface area contributed by atoms with Crippen LogP contribution in [0.15, 0.2) is 16.8 Å². The zero-order valence-corrected chi connectivity index (χ0v) is 16.0. The Hall–Kier alpha value is -2.26. The van der Waals surface area contributed by atoms with Crippen molar-refractivity contribution in [1.29, 1.82) is 0 Å². The zero-order chi connectivity index (χ0) is 18.8. The third-order valence-corrected chi connectivity index (χ3v) is 6.22. The summed E-state index contributed by atoms with van der Waals surface area (Å²) in [5, 5.41) is 7.45. The molecule has 2 aliphatic rings. The Balaban J connectivity index is 1.51. The van der Waals surface area contributed by atoms with Crippen molar-refractivity contribution in [2.75, 3.05) is 32.8 Å². The van der Waals surface area contributed by atoms with Gasteiger partial charge in [-0.1, -0.05) is 5.16 Å². The van der Waals surface area contributed by atoms with E-state index in [4.69, 9.17) is 4.74 Å². The van der Waals surface area contributed by atoms with Crippen molar-refractivity contribution in [1.82, 2.24) is 20.1 Å². The second-order valence-electron chi connectivity index (χ2n) is 6.81. The molecule has 4 heterocycles. The van der Waals surface area contributed by atoms with E-state index in [1.54, 1.807) is 6.92 Å². The molecule has 2 fully saturated rings. The van der Waals surface area contributed by atoms with Gasteiger partial charge >= 0.3 is 0 Å². The fourth-order valence-corrected chi connectivity index (χ4v) is 4.74. The quantitative estimate of drug-likeness (QED) is 0.799. The SMILES string of the molecule is Cc1nonc1C(=O)N1CCCC1c1ccc(C(=O)N2CCCOCC2)s1. The van der Waals surface area contributed by atoms with Crippen molar-refractivity contribution in [2.45, 2.75) is 32.2 Å². The molecule has 8 nitrogen and oxygen atoms in total. The lowest BCUT2D eigenvalue weighted by Crippen LogP contribution is -2.32. The van der Waals surface area contributed by atoms with E-state index in [1.807, 2.05) is 21.9 Å². The number of aryl methyl sites for hydroxylation is 1. The first-order valence-electron chi connectivity index (χ1n) is 9.22. The molecule has 4 rings (SSSR count). The minimum atomic E-state index is -0.165. The van der Waals surface area contributed by atoms with Gasteiger partial charge in [-0.15, -0.1) is 11.3 Å². The van der Waals surface area contributed by atoms with Crippen LogP contribution >= 0.6 is 11.3 Å². The predicted molar refractivity (Wildman–Crippen MR) is 97.7 cm³/mol. The summed E-state index contributed by atoms with van der Waals surface area (Å²) in [6.45, 7) is 5.01. The van der Waals surface area contributed by atoms with E-state index in [0.29, 0.717) is 36.9 Å². The summed E-state index contributed by atoms with van der Waals surface area (Å²) in [5.74, 6) is -0.119. The zero-order valence-electron chi connectivity index (χ0n) is 15.2. The minimum absolute atomic E-state index is 0.0346. The van der Waals surface area contributed by atoms with Crippen LogP contribution in [-0.4, -0.2) is 64.8 Å². The fourth-order valence-electron chi connectivity index (χ4n) is 3.62. The number of hydrogen-bond acceptors (Lipinski definition) is 7. The predicted octanol–water partition coefficient (Wildman–Crippen LogP) is 2.28. The molecule has 0 N–H and O–H groups in total. The Morgan fingerprint density at radius 2 is 2.00 bits per heavy atom. The molecule has 1 atom stereocenters. The molecule has 144 valence electrons. The van der Waals surface area contributed by atoms with Crippen molar-refractivity contribution in [2.24, 2.45) is 0 Å². The van der Waals surface area contributed by atoms with Crippen LogP contribution in [0.4, 0.5) is 0 Å². The number of carbonyl (C=O) groups excluding carboxylic acids is 2. The van der Waals surface area contributed by atoms with Gasteiger partial charge in [-0.3, -0.25) is 9.59 Å². The average Bonchev–Trinajstić information content (AvgIpc) is 3.38. The molecule has 2 aliphatic heterocycles. The summed E-state index contributed by atoms with van der Waals surface area (Å²) < 4.78 is 10.1. The van der Waals surface area contributed by atoms with Gasteiger partial charge in [0.05, 0.1) is 17.5 Å². The van der Waals surface area contributed by atoms with Gasteiger partial charge in [0.1, 0.15) is 5.69 Å². The largest absolute Gasteiger partial charge is 0.380 e. The lowest BCUT2D eigenvalue weighted by atomic mass is 10.1. The topological polar surface area (TPSA) is 88.8 Å². The van der Waals surface area contributed by atoms with Gasteiger partial charge in [0, 0.05) is 31.1 Å². The lowest BCUT2D eigenvalue weighted by Gasteiger charge is -2.23. The van der Waals surface area contributed by atoms with Crippen LogP contribution < -0.4 is 0 Å². The number of nitrogens with zero attached hydrogens (tertiary/aromatic N) is 4. The average molecular weight is 390 g/mol. The molecule has 0 aliphatic carbocycles. The number of rotatable bonds is 3. The first kappa shape index (κ1) is 18.1. The number of hydrogen-bond donors (Lipinski definition) is 0. The fraction of sp³-hybridized carbons (Fsp3) is 0.556. The van der Waals surface area contributed by atoms with Crippen molar-refractivity contribution in [3.05, 3.63) is 33.3 Å². The molecule has 2 saturated heterocycles. The Kier molecular flexibility index (Phi) is 5.22. The smallest absolute Gasteiger partial charge is 0.278 e. The van der Waals surface area contributed by atoms with Crippen LogP contribution in [0.5, 0.6) is 0 Å². The van der Waals surface area contributed by atoms with Gasteiger partial charge in [-0.25, -0.2) is 4.63 Å². The van der Waals surface area contributed by atoms with Crippen molar-refractivity contribution in [3.63, 3.8) is 0 Å². The van der Waals surface area contributed by atoms with E-state index in [2.05, 4.69) is 14.9 Å². The molecule has 2 amide bonds. The van der Waals surface area contributed by atoms with Gasteiger partial charge in [-0.05, 0) is 43.5 Å². The van der Waals surface area contributed by atoms with Crippen LogP contribution in [0.3, 0.4) is 0 Å². The molecule has 1 unspecified atom stereocenters. The molecule has 0 bridgehead atoms. The van der Waals surface area contributed by atoms with Crippen molar-refractivity contribution >= 4 is 23.2 Å². The molecule has 2 aromatic rings. The van der Waals surface area contributed by atoms with Crippen LogP contribution in [0.25, 0.3) is 0 Å². The summed E-state index contributed by atoms with van der Waals surface area (Å²) in [6, 6.07) is 3.81.